The van der Waals surface area contributed by atoms with Gasteiger partial charge in [0.05, 0.1) is 11.1 Å². The van der Waals surface area contributed by atoms with Crippen LogP contribution in [0, 0.1) is 19.8 Å². The number of aromatic nitrogens is 1. The molecule has 9 nitrogen and oxygen atoms in total. The van der Waals surface area contributed by atoms with Crippen LogP contribution in [0.15, 0.2) is 18.2 Å². The number of carbonyl (C=O) groups is 3. The summed E-state index contributed by atoms with van der Waals surface area (Å²) in [7, 11) is 0. The van der Waals surface area contributed by atoms with Gasteiger partial charge in [-0.1, -0.05) is 19.9 Å². The van der Waals surface area contributed by atoms with Gasteiger partial charge in [0.25, 0.3) is 17.7 Å². The predicted octanol–water partition coefficient (Wildman–Crippen LogP) is 3.35. The number of fused-ring (bicyclic) bond motifs is 1. The number of likely N-dealkylation sites (N-methyl/N-ethyl adjacent to an activating group) is 1. The molecule has 1 fully saturated rings. The number of H-pyrrole nitrogens is 1. The molecule has 2 aromatic rings. The summed E-state index contributed by atoms with van der Waals surface area (Å²) in [5.74, 6) is -0.0889. The first-order chi connectivity index (χ1) is 18.3. The van der Waals surface area contributed by atoms with Gasteiger partial charge in [0, 0.05) is 61.1 Å². The lowest BCUT2D eigenvalue weighted by Gasteiger charge is -2.22. The third kappa shape index (κ3) is 6.16. The molecule has 38 heavy (non-hydrogen) atoms. The van der Waals surface area contributed by atoms with Gasteiger partial charge in [-0.25, -0.2) is 0 Å². The summed E-state index contributed by atoms with van der Waals surface area (Å²) < 4.78 is 5.38. The Morgan fingerprint density at radius 3 is 2.55 bits per heavy atom. The van der Waals surface area contributed by atoms with Gasteiger partial charge < -0.3 is 30.6 Å². The minimum atomic E-state index is -0.239. The van der Waals surface area contributed by atoms with E-state index in [-0.39, 0.29) is 17.7 Å². The van der Waals surface area contributed by atoms with E-state index in [0.29, 0.717) is 47.1 Å². The summed E-state index contributed by atoms with van der Waals surface area (Å²) in [6.45, 7) is 13.3. The van der Waals surface area contributed by atoms with Gasteiger partial charge >= 0.3 is 0 Å². The Balaban J connectivity index is 1.46. The molecule has 4 N–H and O–H groups in total. The topological polar surface area (TPSA) is 116 Å². The van der Waals surface area contributed by atoms with Crippen molar-refractivity contribution in [2.75, 3.05) is 51.3 Å². The van der Waals surface area contributed by atoms with Crippen LogP contribution in [0.1, 0.15) is 69.9 Å². The first kappa shape index (κ1) is 27.6. The van der Waals surface area contributed by atoms with E-state index in [9.17, 15) is 14.4 Å². The number of aromatic amines is 1. The van der Waals surface area contributed by atoms with E-state index in [1.54, 1.807) is 24.3 Å². The maximum Gasteiger partial charge on any atom is 0.256 e. The molecule has 0 radical (unpaired) electrons. The first-order valence-electron chi connectivity index (χ1n) is 13.5. The van der Waals surface area contributed by atoms with Crippen LogP contribution in [-0.4, -0.2) is 73.5 Å². The van der Waals surface area contributed by atoms with Crippen LogP contribution in [0.3, 0.4) is 0 Å². The fourth-order valence-corrected chi connectivity index (χ4v) is 5.13. The zero-order valence-electron chi connectivity index (χ0n) is 22.8. The maximum absolute atomic E-state index is 12.9. The zero-order valence-corrected chi connectivity index (χ0v) is 22.8. The lowest BCUT2D eigenvalue weighted by molar-refractivity contribution is -0.110. The van der Waals surface area contributed by atoms with Gasteiger partial charge in [-0.3, -0.25) is 14.4 Å². The lowest BCUT2D eigenvalue weighted by atomic mass is 10.00. The normalized spacial score (nSPS) is 16.6. The molecule has 2 aliphatic heterocycles. The van der Waals surface area contributed by atoms with Crippen molar-refractivity contribution in [3.8, 4) is 0 Å². The molecule has 2 aliphatic rings. The van der Waals surface area contributed by atoms with Gasteiger partial charge in [-0.05, 0) is 69.5 Å². The molecular formula is C29H39N5O4. The average molecular weight is 522 g/mol. The van der Waals surface area contributed by atoms with Crippen LogP contribution >= 0.6 is 0 Å². The van der Waals surface area contributed by atoms with E-state index in [2.05, 4.69) is 39.7 Å². The molecule has 3 amide bonds. The van der Waals surface area contributed by atoms with E-state index in [1.165, 1.54) is 0 Å². The van der Waals surface area contributed by atoms with Crippen molar-refractivity contribution < 1.29 is 19.1 Å². The smallest absolute Gasteiger partial charge is 0.256 e. The number of anilines is 1. The van der Waals surface area contributed by atoms with Crippen molar-refractivity contribution in [3.05, 3.63) is 51.8 Å². The number of hydrogen-bond acceptors (Lipinski definition) is 5. The fraction of sp³-hybridized carbons (Fsp3) is 0.483. The summed E-state index contributed by atoms with van der Waals surface area (Å²) in [5, 5.41) is 8.90. The summed E-state index contributed by atoms with van der Waals surface area (Å²) in [4.78, 5) is 44.0. The molecule has 1 aromatic heterocycles. The lowest BCUT2D eigenvalue weighted by Crippen LogP contribution is -2.35. The van der Waals surface area contributed by atoms with Gasteiger partial charge in [0.15, 0.2) is 0 Å². The van der Waals surface area contributed by atoms with Crippen LogP contribution in [0.25, 0.3) is 11.6 Å². The number of ether oxygens (including phenoxy) is 1. The number of amides is 3. The Morgan fingerprint density at radius 1 is 1.11 bits per heavy atom. The summed E-state index contributed by atoms with van der Waals surface area (Å²) >= 11 is 0. The second-order valence-corrected chi connectivity index (χ2v) is 9.98. The van der Waals surface area contributed by atoms with Crippen LogP contribution in [0.5, 0.6) is 0 Å². The molecule has 4 rings (SSSR count). The summed E-state index contributed by atoms with van der Waals surface area (Å²) in [5.41, 5.74) is 5.20. The number of hydrogen-bond donors (Lipinski definition) is 4. The van der Waals surface area contributed by atoms with Crippen molar-refractivity contribution in [1.29, 1.82) is 0 Å². The number of nitrogens with one attached hydrogen (secondary N) is 4. The van der Waals surface area contributed by atoms with Crippen molar-refractivity contribution in [3.63, 3.8) is 0 Å². The first-order valence-corrected chi connectivity index (χ1v) is 13.5. The highest BCUT2D eigenvalue weighted by molar-refractivity contribution is 6.35. The monoisotopic (exact) mass is 521 g/mol. The quantitative estimate of drug-likeness (QED) is 0.358. The second kappa shape index (κ2) is 12.4. The summed E-state index contributed by atoms with van der Waals surface area (Å²) in [6, 6.07) is 5.26. The Kier molecular flexibility index (Phi) is 9.01. The minimum Gasteiger partial charge on any atom is -0.381 e. The average Bonchev–Trinajstić information content (AvgIpc) is 3.39. The molecule has 1 saturated heterocycles. The van der Waals surface area contributed by atoms with Crippen LogP contribution < -0.4 is 16.0 Å². The molecule has 0 atom stereocenters. The summed E-state index contributed by atoms with van der Waals surface area (Å²) in [6.07, 6.45) is 3.68. The van der Waals surface area contributed by atoms with Crippen molar-refractivity contribution in [2.24, 2.45) is 5.92 Å². The number of rotatable bonds is 10. The molecular weight excluding hydrogens is 482 g/mol. The molecule has 3 heterocycles. The third-order valence-corrected chi connectivity index (χ3v) is 7.56. The molecule has 0 unspecified atom stereocenters. The number of carbonyl (C=O) groups excluding carboxylic acids is 3. The number of aryl methyl sites for hydroxylation is 1. The van der Waals surface area contributed by atoms with Crippen molar-refractivity contribution in [1.82, 2.24) is 20.5 Å². The van der Waals surface area contributed by atoms with Gasteiger partial charge in [0.2, 0.25) is 0 Å². The largest absolute Gasteiger partial charge is 0.381 e. The zero-order chi connectivity index (χ0) is 27.2. The van der Waals surface area contributed by atoms with Gasteiger partial charge in [-0.2, -0.15) is 0 Å². The number of benzene rings is 1. The molecule has 0 bridgehead atoms. The van der Waals surface area contributed by atoms with E-state index < -0.39 is 0 Å². The SMILES string of the molecule is CCN(CC)CCNC(=O)c1c(C)[nH]c(/C=C2\C(=O)Nc3cc(C(=O)NCC4CCOCC4)ccc32)c1C. The Hall–Kier alpha value is -3.43. The number of nitrogens with zero attached hydrogens (tertiary/aromatic N) is 1. The van der Waals surface area contributed by atoms with Gasteiger partial charge in [-0.15, -0.1) is 0 Å². The van der Waals surface area contributed by atoms with Crippen LogP contribution in [0.4, 0.5) is 5.69 Å². The Labute approximate surface area is 224 Å². The van der Waals surface area contributed by atoms with Crippen LogP contribution in [0.2, 0.25) is 0 Å². The van der Waals surface area contributed by atoms with E-state index in [1.807, 2.05) is 13.8 Å². The van der Waals surface area contributed by atoms with Crippen molar-refractivity contribution >= 4 is 35.1 Å². The Bertz CT molecular complexity index is 1220. The highest BCUT2D eigenvalue weighted by Crippen LogP contribution is 2.34. The highest BCUT2D eigenvalue weighted by Gasteiger charge is 2.27. The van der Waals surface area contributed by atoms with E-state index in [4.69, 9.17) is 4.74 Å². The fourth-order valence-electron chi connectivity index (χ4n) is 5.13. The Morgan fingerprint density at radius 2 is 1.84 bits per heavy atom. The molecule has 1 aromatic carbocycles. The maximum atomic E-state index is 12.9. The molecule has 204 valence electrons. The molecule has 0 aliphatic carbocycles. The minimum absolute atomic E-state index is 0.124. The highest BCUT2D eigenvalue weighted by atomic mass is 16.5. The predicted molar refractivity (Wildman–Crippen MR) is 149 cm³/mol. The van der Waals surface area contributed by atoms with Gasteiger partial charge in [0.1, 0.15) is 0 Å². The molecule has 9 heteroatoms. The standard InChI is InChI=1S/C29H39N5O4/c1-5-34(6-2)12-11-30-29(37)26-18(3)24(32-19(26)4)16-23-22-8-7-21(15-25(22)33-28(23)36)27(35)31-17-20-9-13-38-14-10-20/h7-8,15-16,20,32H,5-6,9-14,17H2,1-4H3,(H,30,37)(H,31,35)(H,33,36)/b23-16-. The second-order valence-electron chi connectivity index (χ2n) is 9.98. The van der Waals surface area contributed by atoms with E-state index >= 15 is 0 Å². The molecule has 0 saturated carbocycles. The van der Waals surface area contributed by atoms with E-state index in [0.717, 1.165) is 62.5 Å². The third-order valence-electron chi connectivity index (χ3n) is 7.56. The van der Waals surface area contributed by atoms with Crippen LogP contribution in [-0.2, 0) is 9.53 Å². The van der Waals surface area contributed by atoms with Crippen molar-refractivity contribution in [2.45, 2.75) is 40.5 Å². The molecule has 0 spiro atoms.